The van der Waals surface area contributed by atoms with E-state index in [0.717, 1.165) is 16.7 Å². The molecular formula is C32H32N2O5S. The van der Waals surface area contributed by atoms with Gasteiger partial charge in [0, 0.05) is 5.56 Å². The van der Waals surface area contributed by atoms with Crippen LogP contribution in [0.2, 0.25) is 0 Å². The average Bonchev–Trinajstić information content (AvgIpc) is 3.61. The van der Waals surface area contributed by atoms with Crippen molar-refractivity contribution < 1.29 is 23.7 Å². The molecule has 3 heterocycles. The van der Waals surface area contributed by atoms with Crippen LogP contribution in [0.25, 0.3) is 0 Å². The number of amides is 1. The van der Waals surface area contributed by atoms with Crippen molar-refractivity contribution in [3.05, 3.63) is 124 Å². The normalized spacial score (nSPS) is 23.6. The summed E-state index contributed by atoms with van der Waals surface area (Å²) in [6.07, 6.45) is -1.84. The Labute approximate surface area is 237 Å². The summed E-state index contributed by atoms with van der Waals surface area (Å²) in [4.78, 5) is 12.2. The van der Waals surface area contributed by atoms with Crippen LogP contribution in [0.5, 0.6) is 0 Å². The molecule has 7 nitrogen and oxygen atoms in total. The molecule has 0 radical (unpaired) electrons. The minimum absolute atomic E-state index is 0.211. The Balaban J connectivity index is 1.39. The fourth-order valence-electron chi connectivity index (χ4n) is 5.83. The number of primary amides is 1. The zero-order valence-electron chi connectivity index (χ0n) is 22.4. The van der Waals surface area contributed by atoms with Gasteiger partial charge in [-0.2, -0.15) is 0 Å². The van der Waals surface area contributed by atoms with Crippen LogP contribution in [-0.2, 0) is 24.5 Å². The number of ether oxygens (including phenoxy) is 4. The Morgan fingerprint density at radius 3 is 1.85 bits per heavy atom. The number of carbonyl (C=O) groups excluding carboxylic acids is 1. The minimum atomic E-state index is -0.906. The third kappa shape index (κ3) is 4.62. The van der Waals surface area contributed by atoms with Crippen molar-refractivity contribution in [2.45, 2.75) is 49.7 Å². The van der Waals surface area contributed by atoms with Gasteiger partial charge in [0.2, 0.25) is 0 Å². The molecule has 0 bridgehead atoms. The predicted octanol–water partition coefficient (Wildman–Crippen LogP) is 5.40. The number of carbonyl (C=O) groups is 1. The largest absolute Gasteiger partial charge is 0.397 e. The maximum atomic E-state index is 11.9. The zero-order valence-corrected chi connectivity index (χ0v) is 23.2. The monoisotopic (exact) mass is 556 g/mol. The van der Waals surface area contributed by atoms with Gasteiger partial charge in [-0.15, -0.1) is 11.3 Å². The van der Waals surface area contributed by atoms with Gasteiger partial charge in [-0.3, -0.25) is 4.79 Å². The summed E-state index contributed by atoms with van der Waals surface area (Å²) in [5.74, 6) is -1.38. The van der Waals surface area contributed by atoms with Crippen molar-refractivity contribution in [1.82, 2.24) is 0 Å². The molecule has 40 heavy (non-hydrogen) atoms. The van der Waals surface area contributed by atoms with Gasteiger partial charge in [-0.05, 0) is 35.9 Å². The second-order valence-electron chi connectivity index (χ2n) is 10.5. The van der Waals surface area contributed by atoms with E-state index in [1.165, 1.54) is 11.3 Å². The Kier molecular flexibility index (Phi) is 6.98. The van der Waals surface area contributed by atoms with Crippen molar-refractivity contribution >= 4 is 22.9 Å². The van der Waals surface area contributed by atoms with Crippen molar-refractivity contribution in [1.29, 1.82) is 0 Å². The molecule has 4 aromatic rings. The number of benzene rings is 3. The Morgan fingerprint density at radius 1 is 0.875 bits per heavy atom. The summed E-state index contributed by atoms with van der Waals surface area (Å²) in [6.45, 7) is 3.98. The summed E-state index contributed by atoms with van der Waals surface area (Å²) in [5.41, 5.74) is 15.0. The van der Waals surface area contributed by atoms with Crippen LogP contribution in [0.3, 0.4) is 0 Å². The molecule has 0 saturated carbocycles. The smallest absolute Gasteiger partial charge is 0.260 e. The van der Waals surface area contributed by atoms with E-state index in [4.69, 9.17) is 30.4 Å². The highest BCUT2D eigenvalue weighted by molar-refractivity contribution is 7.12. The van der Waals surface area contributed by atoms with Crippen LogP contribution >= 0.6 is 11.3 Å². The molecule has 2 saturated heterocycles. The van der Waals surface area contributed by atoms with E-state index in [1.54, 1.807) is 0 Å². The molecular weight excluding hydrogens is 524 g/mol. The van der Waals surface area contributed by atoms with Gasteiger partial charge in [-0.1, -0.05) is 91.0 Å². The number of fused-ring (bicyclic) bond motifs is 1. The first-order chi connectivity index (χ1) is 19.3. The van der Waals surface area contributed by atoms with Gasteiger partial charge in [-0.25, -0.2) is 0 Å². The first-order valence-corrected chi connectivity index (χ1v) is 14.2. The van der Waals surface area contributed by atoms with Gasteiger partial charge in [0.15, 0.2) is 5.79 Å². The molecule has 4 atom stereocenters. The Morgan fingerprint density at radius 2 is 1.38 bits per heavy atom. The van der Waals surface area contributed by atoms with Crippen molar-refractivity contribution in [2.75, 3.05) is 12.3 Å². The molecule has 206 valence electrons. The summed E-state index contributed by atoms with van der Waals surface area (Å²) in [7, 11) is 0. The molecule has 8 heteroatoms. The quantitative estimate of drug-likeness (QED) is 0.282. The lowest BCUT2D eigenvalue weighted by atomic mass is 9.80. The SMILES string of the molecule is CC1(C)O[C@@H]2[C@H](O1)[C@@H](COC(c1ccccc1)(c1ccccc1)c1ccccc1)O[C@H]2c1csc(C(N)=O)c1N. The number of hydrogen-bond donors (Lipinski definition) is 2. The molecule has 2 fully saturated rings. The van der Waals surface area contributed by atoms with Crippen LogP contribution in [0.4, 0.5) is 5.69 Å². The molecule has 1 amide bonds. The van der Waals surface area contributed by atoms with E-state index in [2.05, 4.69) is 36.4 Å². The molecule has 4 N–H and O–H groups in total. The lowest BCUT2D eigenvalue weighted by Gasteiger charge is -2.37. The zero-order chi connectivity index (χ0) is 27.9. The maximum Gasteiger partial charge on any atom is 0.260 e. The van der Waals surface area contributed by atoms with Gasteiger partial charge >= 0.3 is 0 Å². The molecule has 3 aromatic carbocycles. The van der Waals surface area contributed by atoms with Gasteiger partial charge in [0.1, 0.15) is 34.9 Å². The standard InChI is InChI=1S/C32H32N2O5S/c1-31(2)38-27-24(37-26(28(27)39-31)23-19-40-29(25(23)33)30(34)35)18-36-32(20-12-6-3-7-13-20,21-14-8-4-9-15-21)22-16-10-5-11-17-22/h3-17,19,24,26-28H,18,33H2,1-2H3,(H2,34,35)/t24-,26+,27-,28+/m1/s1. The Bertz CT molecular complexity index is 1380. The molecule has 2 aliphatic rings. The van der Waals surface area contributed by atoms with Crippen molar-refractivity contribution in [3.8, 4) is 0 Å². The molecule has 1 aromatic heterocycles. The first-order valence-electron chi connectivity index (χ1n) is 13.3. The summed E-state index contributed by atoms with van der Waals surface area (Å²) >= 11 is 1.21. The van der Waals surface area contributed by atoms with E-state index in [0.29, 0.717) is 16.1 Å². The second kappa shape index (κ2) is 10.5. The molecule has 6 rings (SSSR count). The van der Waals surface area contributed by atoms with Gasteiger partial charge in [0.25, 0.3) is 5.91 Å². The third-order valence-corrected chi connectivity index (χ3v) is 8.57. The van der Waals surface area contributed by atoms with E-state index in [1.807, 2.05) is 73.8 Å². The lowest BCUT2D eigenvalue weighted by Crippen LogP contribution is -2.39. The molecule has 0 unspecified atom stereocenters. The number of nitrogens with two attached hydrogens (primary N) is 2. The van der Waals surface area contributed by atoms with Crippen molar-refractivity contribution in [3.63, 3.8) is 0 Å². The van der Waals surface area contributed by atoms with E-state index >= 15 is 0 Å². The van der Waals surface area contributed by atoms with E-state index in [9.17, 15) is 4.79 Å². The van der Waals surface area contributed by atoms with E-state index in [-0.39, 0.29) is 6.61 Å². The summed E-state index contributed by atoms with van der Waals surface area (Å²) < 4.78 is 26.3. The van der Waals surface area contributed by atoms with Gasteiger partial charge in [0.05, 0.1) is 12.3 Å². The molecule has 0 spiro atoms. The molecule has 2 aliphatic heterocycles. The van der Waals surface area contributed by atoms with Crippen LogP contribution < -0.4 is 11.5 Å². The van der Waals surface area contributed by atoms with Gasteiger partial charge < -0.3 is 30.4 Å². The third-order valence-electron chi connectivity index (χ3n) is 7.54. The van der Waals surface area contributed by atoms with Crippen LogP contribution in [0.15, 0.2) is 96.4 Å². The number of anilines is 1. The first kappa shape index (κ1) is 26.7. The highest BCUT2D eigenvalue weighted by Gasteiger charge is 2.56. The minimum Gasteiger partial charge on any atom is -0.397 e. The van der Waals surface area contributed by atoms with Crippen molar-refractivity contribution in [2.24, 2.45) is 5.73 Å². The topological polar surface area (TPSA) is 106 Å². The lowest BCUT2D eigenvalue weighted by molar-refractivity contribution is -0.196. The average molecular weight is 557 g/mol. The number of thiophene rings is 1. The fourth-order valence-corrected chi connectivity index (χ4v) is 6.70. The predicted molar refractivity (Wildman–Crippen MR) is 154 cm³/mol. The highest BCUT2D eigenvalue weighted by atomic mass is 32.1. The maximum absolute atomic E-state index is 11.9. The second-order valence-corrected chi connectivity index (χ2v) is 11.4. The number of hydrogen-bond acceptors (Lipinski definition) is 7. The molecule has 0 aliphatic carbocycles. The summed E-state index contributed by atoms with van der Waals surface area (Å²) in [5, 5.41) is 1.82. The number of nitrogen functional groups attached to an aromatic ring is 1. The van der Waals surface area contributed by atoms with E-state index < -0.39 is 41.7 Å². The number of rotatable bonds is 8. The highest BCUT2D eigenvalue weighted by Crippen LogP contribution is 2.49. The Hall–Kier alpha value is -3.53. The summed E-state index contributed by atoms with van der Waals surface area (Å²) in [6, 6.07) is 30.6. The van der Waals surface area contributed by atoms with Crippen LogP contribution in [0.1, 0.15) is 51.9 Å². The van der Waals surface area contributed by atoms with Crippen LogP contribution in [-0.4, -0.2) is 36.6 Å². The fraction of sp³-hybridized carbons (Fsp3) is 0.281. The van der Waals surface area contributed by atoms with Crippen LogP contribution in [0, 0.1) is 0 Å².